The lowest BCUT2D eigenvalue weighted by molar-refractivity contribution is 0.481. The van der Waals surface area contributed by atoms with Gasteiger partial charge in [-0.1, -0.05) is 19.9 Å². The summed E-state index contributed by atoms with van der Waals surface area (Å²) in [5, 5.41) is 0. The summed E-state index contributed by atoms with van der Waals surface area (Å²) in [6.07, 6.45) is 0. The van der Waals surface area contributed by atoms with Crippen LogP contribution in [0.3, 0.4) is 0 Å². The number of hydrogen-bond donors (Lipinski definition) is 2. The molecule has 1 unspecified atom stereocenters. The molecular formula is C15H26N2O2S. The van der Waals surface area contributed by atoms with Gasteiger partial charge in [-0.3, -0.25) is 0 Å². The first-order valence-corrected chi connectivity index (χ1v) is 8.39. The zero-order valence-corrected chi connectivity index (χ0v) is 14.1. The highest BCUT2D eigenvalue weighted by Gasteiger charge is 2.22. The van der Waals surface area contributed by atoms with E-state index in [4.69, 9.17) is 5.73 Å². The van der Waals surface area contributed by atoms with Crippen molar-refractivity contribution in [2.75, 3.05) is 6.54 Å². The summed E-state index contributed by atoms with van der Waals surface area (Å²) in [4.78, 5) is 0.394. The minimum atomic E-state index is -3.53. The third-order valence-electron chi connectivity index (χ3n) is 3.93. The van der Waals surface area contributed by atoms with Crippen LogP contribution in [-0.2, 0) is 10.0 Å². The van der Waals surface area contributed by atoms with E-state index < -0.39 is 10.0 Å². The van der Waals surface area contributed by atoms with Crippen LogP contribution in [0.15, 0.2) is 11.0 Å². The zero-order valence-electron chi connectivity index (χ0n) is 13.2. The molecule has 0 heterocycles. The fourth-order valence-electron chi connectivity index (χ4n) is 2.10. The zero-order chi connectivity index (χ0) is 15.7. The van der Waals surface area contributed by atoms with Crippen LogP contribution in [0, 0.1) is 33.6 Å². The normalized spacial score (nSPS) is 13.8. The van der Waals surface area contributed by atoms with Crippen LogP contribution in [0.2, 0.25) is 0 Å². The molecule has 0 bridgehead atoms. The third kappa shape index (κ3) is 3.59. The van der Waals surface area contributed by atoms with Crippen molar-refractivity contribution in [2.24, 2.45) is 11.7 Å². The number of nitrogens with two attached hydrogens (primary N) is 1. The van der Waals surface area contributed by atoms with Gasteiger partial charge in [-0.25, -0.2) is 13.1 Å². The average molecular weight is 298 g/mol. The minimum Gasteiger partial charge on any atom is -0.326 e. The Labute approximate surface area is 122 Å². The van der Waals surface area contributed by atoms with Crippen LogP contribution in [0.4, 0.5) is 0 Å². The molecule has 1 aromatic rings. The van der Waals surface area contributed by atoms with Gasteiger partial charge in [0, 0.05) is 12.6 Å². The summed E-state index contributed by atoms with van der Waals surface area (Å²) in [6, 6.07) is 1.83. The Morgan fingerprint density at radius 1 is 1.10 bits per heavy atom. The van der Waals surface area contributed by atoms with E-state index in [9.17, 15) is 8.42 Å². The molecule has 1 aromatic carbocycles. The fourth-order valence-corrected chi connectivity index (χ4v) is 3.78. The van der Waals surface area contributed by atoms with Crippen molar-refractivity contribution in [3.63, 3.8) is 0 Å². The molecule has 0 saturated carbocycles. The molecule has 3 N–H and O–H groups in total. The van der Waals surface area contributed by atoms with Gasteiger partial charge >= 0.3 is 0 Å². The molecule has 0 amide bonds. The van der Waals surface area contributed by atoms with Gasteiger partial charge < -0.3 is 5.73 Å². The number of aryl methyl sites for hydroxylation is 2. The van der Waals surface area contributed by atoms with Crippen LogP contribution >= 0.6 is 0 Å². The molecule has 0 spiro atoms. The van der Waals surface area contributed by atoms with Crippen molar-refractivity contribution in [1.82, 2.24) is 4.72 Å². The van der Waals surface area contributed by atoms with E-state index in [1.54, 1.807) is 0 Å². The molecule has 0 aliphatic rings. The summed E-state index contributed by atoms with van der Waals surface area (Å²) in [5.74, 6) is 0.235. The smallest absolute Gasteiger partial charge is 0.241 e. The van der Waals surface area contributed by atoms with Crippen LogP contribution < -0.4 is 10.5 Å². The van der Waals surface area contributed by atoms with Crippen LogP contribution in [0.25, 0.3) is 0 Å². The molecule has 0 aliphatic carbocycles. The van der Waals surface area contributed by atoms with Crippen LogP contribution in [0.5, 0.6) is 0 Å². The van der Waals surface area contributed by atoms with E-state index in [1.165, 1.54) is 0 Å². The molecule has 0 aromatic heterocycles. The molecule has 4 nitrogen and oxygen atoms in total. The maximum absolute atomic E-state index is 12.5. The highest BCUT2D eigenvalue weighted by molar-refractivity contribution is 7.89. The molecule has 114 valence electrons. The van der Waals surface area contributed by atoms with Gasteiger partial charge in [-0.05, 0) is 55.9 Å². The first kappa shape index (κ1) is 17.1. The monoisotopic (exact) mass is 298 g/mol. The van der Waals surface area contributed by atoms with Gasteiger partial charge in [0.2, 0.25) is 10.0 Å². The molecule has 5 heteroatoms. The molecular weight excluding hydrogens is 272 g/mol. The number of nitrogens with one attached hydrogen (secondary N) is 1. The van der Waals surface area contributed by atoms with Gasteiger partial charge in [0.1, 0.15) is 0 Å². The average Bonchev–Trinajstić information content (AvgIpc) is 2.33. The summed E-state index contributed by atoms with van der Waals surface area (Å²) in [5.41, 5.74) is 9.49. The molecule has 0 fully saturated rings. The largest absolute Gasteiger partial charge is 0.326 e. The predicted molar refractivity (Wildman–Crippen MR) is 83.4 cm³/mol. The minimum absolute atomic E-state index is 0.184. The highest BCUT2D eigenvalue weighted by Crippen LogP contribution is 2.25. The van der Waals surface area contributed by atoms with E-state index in [2.05, 4.69) is 4.72 Å². The summed E-state index contributed by atoms with van der Waals surface area (Å²) < 4.78 is 27.7. The maximum atomic E-state index is 12.5. The number of benzene rings is 1. The van der Waals surface area contributed by atoms with Crippen molar-refractivity contribution < 1.29 is 8.42 Å². The Morgan fingerprint density at radius 3 is 1.95 bits per heavy atom. The predicted octanol–water partition coefficient (Wildman–Crippen LogP) is 2.18. The maximum Gasteiger partial charge on any atom is 0.241 e. The van der Waals surface area contributed by atoms with Crippen LogP contribution in [-0.4, -0.2) is 21.0 Å². The van der Waals surface area contributed by atoms with Gasteiger partial charge in [0.15, 0.2) is 0 Å². The van der Waals surface area contributed by atoms with Crippen molar-refractivity contribution in [3.8, 4) is 0 Å². The van der Waals surface area contributed by atoms with E-state index in [1.807, 2.05) is 47.6 Å². The second-order valence-corrected chi connectivity index (χ2v) is 7.55. The van der Waals surface area contributed by atoms with Crippen molar-refractivity contribution in [2.45, 2.75) is 52.5 Å². The lowest BCUT2D eigenvalue weighted by Crippen LogP contribution is -2.40. The summed E-state index contributed by atoms with van der Waals surface area (Å²) >= 11 is 0. The van der Waals surface area contributed by atoms with Crippen molar-refractivity contribution >= 4 is 10.0 Å². The fraction of sp³-hybridized carbons (Fsp3) is 0.600. The number of hydrogen-bond acceptors (Lipinski definition) is 3. The molecule has 0 radical (unpaired) electrons. The van der Waals surface area contributed by atoms with E-state index in [-0.39, 0.29) is 18.5 Å². The molecule has 1 atom stereocenters. The Morgan fingerprint density at radius 2 is 1.55 bits per heavy atom. The van der Waals surface area contributed by atoms with E-state index >= 15 is 0 Å². The molecule has 0 saturated heterocycles. The van der Waals surface area contributed by atoms with E-state index in [0.29, 0.717) is 4.90 Å². The number of sulfonamides is 1. The van der Waals surface area contributed by atoms with Gasteiger partial charge in [0.25, 0.3) is 0 Å². The van der Waals surface area contributed by atoms with Gasteiger partial charge in [0.05, 0.1) is 4.90 Å². The number of rotatable bonds is 5. The summed E-state index contributed by atoms with van der Waals surface area (Å²) in [7, 11) is -3.53. The first-order chi connectivity index (χ1) is 9.08. The van der Waals surface area contributed by atoms with Crippen LogP contribution in [0.1, 0.15) is 36.1 Å². The van der Waals surface area contributed by atoms with Crippen molar-refractivity contribution in [3.05, 3.63) is 28.3 Å². The quantitative estimate of drug-likeness (QED) is 0.875. The Balaban J connectivity index is 3.17. The standard InChI is InChI=1S/C15H26N2O2S/c1-9(2)14(16)8-17-20(18,19)15-12(5)10(3)7-11(4)13(15)6/h7,9,14,17H,8,16H2,1-6H3. The third-order valence-corrected chi connectivity index (χ3v) is 5.63. The van der Waals surface area contributed by atoms with E-state index in [0.717, 1.165) is 22.3 Å². The Bertz CT molecular complexity index is 566. The second kappa shape index (κ2) is 6.24. The topological polar surface area (TPSA) is 72.2 Å². The molecule has 0 aliphatic heterocycles. The SMILES string of the molecule is Cc1cc(C)c(C)c(S(=O)(=O)NCC(N)C(C)C)c1C. The molecule has 20 heavy (non-hydrogen) atoms. The second-order valence-electron chi connectivity index (χ2n) is 5.85. The Hall–Kier alpha value is -0.910. The molecule has 1 rings (SSSR count). The Kier molecular flexibility index (Phi) is 5.35. The van der Waals surface area contributed by atoms with Gasteiger partial charge in [-0.2, -0.15) is 0 Å². The lowest BCUT2D eigenvalue weighted by Gasteiger charge is -2.19. The van der Waals surface area contributed by atoms with Gasteiger partial charge in [-0.15, -0.1) is 0 Å². The van der Waals surface area contributed by atoms with Crippen molar-refractivity contribution in [1.29, 1.82) is 0 Å². The first-order valence-electron chi connectivity index (χ1n) is 6.90. The lowest BCUT2D eigenvalue weighted by atomic mass is 10.0. The summed E-state index contributed by atoms with van der Waals surface area (Å²) in [6.45, 7) is 11.8. The highest BCUT2D eigenvalue weighted by atomic mass is 32.2.